The Hall–Kier alpha value is -12.5. The van der Waals surface area contributed by atoms with Crippen molar-refractivity contribution in [3.05, 3.63) is 144 Å². The minimum atomic E-state index is -1.51. The molecule has 4 aromatic heterocycles. The van der Waals surface area contributed by atoms with Gasteiger partial charge in [0.15, 0.2) is 17.9 Å². The number of hydrogen-bond donors (Lipinski definition) is 25. The van der Waals surface area contributed by atoms with Gasteiger partial charge in [0, 0.05) is 114 Å². The Morgan fingerprint density at radius 2 is 0.678 bits per heavy atom. The molecule has 35 nitrogen and oxygen atoms in total. The predicted molar refractivity (Wildman–Crippen MR) is 440 cm³/mol. The lowest BCUT2D eigenvalue weighted by molar-refractivity contribution is -0.142. The zero-order valence-electron chi connectivity index (χ0n) is 65.3. The number of nitrogens with two attached hydrogens (primary N) is 5. The van der Waals surface area contributed by atoms with Crippen molar-refractivity contribution in [1.29, 1.82) is 16.2 Å². The molecule has 0 saturated heterocycles. The summed E-state index contributed by atoms with van der Waals surface area (Å²) in [5.41, 5.74) is 33.9. The number of hydrogen-bond acceptors (Lipinski definition) is 15. The van der Waals surface area contributed by atoms with Crippen LogP contribution >= 0.6 is 0 Å². The molecule has 8 aromatic rings. The third kappa shape index (κ3) is 26.3. The van der Waals surface area contributed by atoms with Crippen LogP contribution in [0.3, 0.4) is 0 Å². The summed E-state index contributed by atoms with van der Waals surface area (Å²) in [5.74, 6) is -10.4. The number of aromatic amines is 4. The van der Waals surface area contributed by atoms with Gasteiger partial charge in [-0.25, -0.2) is 4.79 Å². The number of para-hydroxylation sites is 4. The molecule has 35 heteroatoms. The number of unbranched alkanes of at least 4 members (excludes halogenated alkanes) is 1. The number of aromatic nitrogens is 4. The summed E-state index contributed by atoms with van der Waals surface area (Å²) in [6, 6.07) is 15.4. The van der Waals surface area contributed by atoms with E-state index in [0.29, 0.717) is 80.8 Å². The van der Waals surface area contributed by atoms with Crippen LogP contribution in [0, 0.1) is 28.1 Å². The van der Waals surface area contributed by atoms with Crippen LogP contribution in [0.2, 0.25) is 0 Å². The summed E-state index contributed by atoms with van der Waals surface area (Å²) >= 11 is 0. The number of H-pyrrole nitrogens is 4. The minimum absolute atomic E-state index is 0.0256. The molecule has 9 amide bonds. The molecule has 0 radical (unpaired) electrons. The van der Waals surface area contributed by atoms with Crippen molar-refractivity contribution in [3.8, 4) is 0 Å². The lowest BCUT2D eigenvalue weighted by atomic mass is 9.95. The highest BCUT2D eigenvalue weighted by Gasteiger charge is 2.38. The van der Waals surface area contributed by atoms with E-state index in [1.165, 1.54) is 0 Å². The Morgan fingerprint density at radius 3 is 1.03 bits per heavy atom. The first kappa shape index (κ1) is 88.0. The molecule has 4 heterocycles. The van der Waals surface area contributed by atoms with Gasteiger partial charge in [-0.2, -0.15) is 0 Å². The van der Waals surface area contributed by atoms with Crippen LogP contribution in [0.15, 0.2) is 122 Å². The Kier molecular flexibility index (Phi) is 33.3. The molecule has 0 fully saturated rings. The van der Waals surface area contributed by atoms with Crippen LogP contribution in [0.1, 0.15) is 121 Å². The first-order valence-corrected chi connectivity index (χ1v) is 39.0. The second kappa shape index (κ2) is 43.5. The zero-order valence-corrected chi connectivity index (χ0v) is 65.3. The fourth-order valence-corrected chi connectivity index (χ4v) is 13.8. The maximum atomic E-state index is 15.7. The average molecular weight is 1590 g/mol. The molecule has 8 rings (SSSR count). The van der Waals surface area contributed by atoms with Crippen molar-refractivity contribution in [2.75, 3.05) is 26.2 Å². The van der Waals surface area contributed by atoms with Crippen LogP contribution in [-0.4, -0.2) is 189 Å². The smallest absolute Gasteiger partial charge is 0.326 e. The summed E-state index contributed by atoms with van der Waals surface area (Å²) < 4.78 is 0. The Labute approximate surface area is 665 Å². The highest BCUT2D eigenvalue weighted by molar-refractivity contribution is 6.00. The average Bonchev–Trinajstić information content (AvgIpc) is 1.73. The zero-order chi connectivity index (χ0) is 83.3. The molecule has 0 aliphatic carbocycles. The van der Waals surface area contributed by atoms with E-state index >= 15 is 28.8 Å². The molecule has 0 aliphatic rings. The third-order valence-electron chi connectivity index (χ3n) is 20.2. The Balaban J connectivity index is 1.11. The van der Waals surface area contributed by atoms with Gasteiger partial charge in [0.05, 0.1) is 6.04 Å². The molecular weight excluding hydrogens is 1470 g/mol. The van der Waals surface area contributed by atoms with E-state index in [1.807, 2.05) is 105 Å². The molecule has 115 heavy (non-hydrogen) atoms. The van der Waals surface area contributed by atoms with Crippen molar-refractivity contribution in [3.63, 3.8) is 0 Å². The van der Waals surface area contributed by atoms with Gasteiger partial charge >= 0.3 is 5.97 Å². The second-order valence-corrected chi connectivity index (χ2v) is 29.4. The van der Waals surface area contributed by atoms with Crippen molar-refractivity contribution >= 4 is 121 Å². The molecule has 30 N–H and O–H groups in total. The SMILES string of the molecule is CC[C@H](C)[C@H](NC(=O)[C@H](Cc1c[nH]c2ccccc12)NC(=O)[C@H](CCCNC(=N)N)NC(=O)[C@H](CCCNC(=N)N)NC(=O)[C@@H](N)CCCNC(=N)N)C(=O)N[C@@H](Cc1c[nH]c2ccccc12)C(=O)N[C@@H](Cc1c[nH]c2ccccc12)C(=O)N[C@@H](CC(C)C)C(=O)N[C@@H](Cc1c[nH]c2ccccc12)C(=O)N[C@@H](CCCCN)C(=O)O. The third-order valence-corrected chi connectivity index (χ3v) is 20.2. The number of fused-ring (bicyclic) bond motifs is 4. The van der Waals surface area contributed by atoms with Gasteiger partial charge in [-0.15, -0.1) is 0 Å². The minimum Gasteiger partial charge on any atom is -0.480 e. The molecular formula is C80H112N24O11. The molecule has 0 saturated carbocycles. The summed E-state index contributed by atoms with van der Waals surface area (Å²) in [5, 5.41) is 69.5. The fourth-order valence-electron chi connectivity index (χ4n) is 13.8. The van der Waals surface area contributed by atoms with E-state index in [0.717, 1.165) is 10.9 Å². The summed E-state index contributed by atoms with van der Waals surface area (Å²) in [6.07, 6.45) is 8.13. The van der Waals surface area contributed by atoms with Gasteiger partial charge in [0.1, 0.15) is 54.4 Å². The monoisotopic (exact) mass is 1580 g/mol. The second-order valence-electron chi connectivity index (χ2n) is 29.4. The van der Waals surface area contributed by atoms with Crippen LogP contribution in [0.25, 0.3) is 43.6 Å². The maximum Gasteiger partial charge on any atom is 0.326 e. The highest BCUT2D eigenvalue weighted by atomic mass is 16.4. The van der Waals surface area contributed by atoms with Crippen molar-refractivity contribution in [2.45, 2.75) is 184 Å². The molecule has 0 unspecified atom stereocenters. The molecule has 11 atom stereocenters. The molecule has 4 aromatic carbocycles. The molecule has 0 aliphatic heterocycles. The van der Waals surface area contributed by atoms with E-state index in [2.05, 4.69) is 83.7 Å². The van der Waals surface area contributed by atoms with Gasteiger partial charge in [0.25, 0.3) is 0 Å². The first-order valence-electron chi connectivity index (χ1n) is 39.0. The number of carboxylic acid groups (broad SMARTS) is 1. The number of guanidine groups is 3. The number of carboxylic acids is 1. The quantitative estimate of drug-likeness (QED) is 0.0146. The Morgan fingerprint density at radius 1 is 0.383 bits per heavy atom. The van der Waals surface area contributed by atoms with E-state index < -0.39 is 125 Å². The molecule has 618 valence electrons. The number of nitrogens with one attached hydrogen (secondary N) is 19. The number of benzene rings is 4. The van der Waals surface area contributed by atoms with E-state index in [1.54, 1.807) is 44.7 Å². The molecule has 0 spiro atoms. The predicted octanol–water partition coefficient (Wildman–Crippen LogP) is 1.67. The van der Waals surface area contributed by atoms with Crippen molar-refractivity contribution in [2.24, 2.45) is 40.5 Å². The summed E-state index contributed by atoms with van der Waals surface area (Å²) in [4.78, 5) is 161. The highest BCUT2D eigenvalue weighted by Crippen LogP contribution is 2.25. The van der Waals surface area contributed by atoms with Gasteiger partial charge in [-0.3, -0.25) is 59.4 Å². The van der Waals surface area contributed by atoms with Crippen molar-refractivity contribution in [1.82, 2.24) is 83.7 Å². The maximum absolute atomic E-state index is 15.7. The number of rotatable bonds is 47. The van der Waals surface area contributed by atoms with Gasteiger partial charge in [-0.1, -0.05) is 107 Å². The van der Waals surface area contributed by atoms with E-state index in [9.17, 15) is 24.3 Å². The number of aliphatic carboxylic acids is 1. The van der Waals surface area contributed by atoms with E-state index in [-0.39, 0.29) is 120 Å². The van der Waals surface area contributed by atoms with Crippen molar-refractivity contribution < 1.29 is 53.1 Å². The topological polar surface area (TPSA) is 600 Å². The number of carbonyl (C=O) groups is 10. The van der Waals surface area contributed by atoms with Gasteiger partial charge in [0.2, 0.25) is 53.2 Å². The van der Waals surface area contributed by atoms with Crippen LogP contribution < -0.4 is 92.5 Å². The van der Waals surface area contributed by atoms with E-state index in [4.69, 9.17) is 44.9 Å². The molecule has 0 bridgehead atoms. The fraction of sp³-hybridized carbons (Fsp3) is 0.438. The number of amides is 9. The Bertz CT molecular complexity index is 4680. The lowest BCUT2D eigenvalue weighted by Crippen LogP contribution is -2.62. The van der Waals surface area contributed by atoms with Crippen LogP contribution in [0.4, 0.5) is 0 Å². The lowest BCUT2D eigenvalue weighted by Gasteiger charge is -2.30. The summed E-state index contributed by atoms with van der Waals surface area (Å²) in [7, 11) is 0. The number of carbonyl (C=O) groups excluding carboxylic acids is 9. The van der Waals surface area contributed by atoms with Gasteiger partial charge in [-0.05, 0) is 129 Å². The van der Waals surface area contributed by atoms with Crippen LogP contribution in [-0.2, 0) is 73.6 Å². The van der Waals surface area contributed by atoms with Crippen LogP contribution in [0.5, 0.6) is 0 Å². The standard InChI is InChI=1S/C80H112N24O11/c1-5-45(4)67(104-75(112)66(39-49-43-95-58-27-13-9-22-53(49)58)100-70(107)60(30-18-34-91-80(87)88)97-69(106)59(29-17-33-90-79(85)86)96-68(105)54(82)23-16-32-89-78(83)84)76(113)103-65(38-48-42-94-57-26-12-8-21-52(48)57)74(111)102-64(37-47-41-93-56-25-11-7-20-51(47)56)73(110)99-62(35-44(2)3)71(108)101-63(36-46-40-92-55-24-10-6-19-50(46)55)72(109)98-61(77(114)115)28-14-15-31-81/h6-13,19-22,24-27,40-45,54,59-67,92-95H,5,14-18,23,28-39,81-82H2,1-4H3,(H,96,105)(H,97,106)(H,98,109)(H,99,110)(H,100,107)(H,101,108)(H,102,111)(H,103,113)(H,104,112)(H,114,115)(H4,83,84,89)(H4,85,86,90)(H4,87,88,91)/t45-,54-,59-,60-,61-,62-,63-,64-,65-,66-,67-/m0/s1. The summed E-state index contributed by atoms with van der Waals surface area (Å²) in [6.45, 7) is 7.94. The normalized spacial score (nSPS) is 14.3. The largest absolute Gasteiger partial charge is 0.480 e. The van der Waals surface area contributed by atoms with Gasteiger partial charge < -0.3 is 118 Å². The first-order chi connectivity index (χ1) is 55.1.